The van der Waals surface area contributed by atoms with Gasteiger partial charge in [0.25, 0.3) is 5.97 Å². The second-order valence-electron chi connectivity index (χ2n) is 4.19. The van der Waals surface area contributed by atoms with Crippen LogP contribution in [0.15, 0.2) is 0 Å². The van der Waals surface area contributed by atoms with E-state index in [9.17, 15) is 4.79 Å². The molecule has 0 aliphatic rings. The quantitative estimate of drug-likeness (QED) is 0.530. The first-order chi connectivity index (χ1) is 5.95. The van der Waals surface area contributed by atoms with Crippen LogP contribution in [0.5, 0.6) is 0 Å². The SMILES string of the molecule is C[Si](C)(C)OC(=O)CCCCCN. The van der Waals surface area contributed by atoms with Gasteiger partial charge in [-0.3, -0.25) is 4.79 Å². The van der Waals surface area contributed by atoms with E-state index in [1.54, 1.807) is 0 Å². The third-order valence-corrected chi connectivity index (χ3v) is 2.35. The van der Waals surface area contributed by atoms with E-state index < -0.39 is 8.32 Å². The van der Waals surface area contributed by atoms with Gasteiger partial charge in [-0.1, -0.05) is 6.42 Å². The van der Waals surface area contributed by atoms with Crippen molar-refractivity contribution in [3.63, 3.8) is 0 Å². The largest absolute Gasteiger partial charge is 0.520 e. The number of rotatable bonds is 6. The molecule has 0 fully saturated rings. The van der Waals surface area contributed by atoms with E-state index in [0.29, 0.717) is 13.0 Å². The molecule has 0 amide bonds. The molecule has 4 heteroatoms. The van der Waals surface area contributed by atoms with Crippen molar-refractivity contribution in [3.8, 4) is 0 Å². The number of unbranched alkanes of at least 4 members (excludes halogenated alkanes) is 2. The molecule has 0 atom stereocenters. The molecule has 0 aromatic heterocycles. The predicted molar refractivity (Wildman–Crippen MR) is 57.0 cm³/mol. The lowest BCUT2D eigenvalue weighted by Crippen LogP contribution is -2.29. The minimum Gasteiger partial charge on any atom is -0.520 e. The minimum absolute atomic E-state index is 0.0452. The highest BCUT2D eigenvalue weighted by Crippen LogP contribution is 2.07. The lowest BCUT2D eigenvalue weighted by Gasteiger charge is -2.16. The Kier molecular flexibility index (Phi) is 5.99. The molecule has 0 aliphatic heterocycles. The van der Waals surface area contributed by atoms with Crippen LogP contribution in [-0.4, -0.2) is 20.8 Å². The first-order valence-electron chi connectivity index (χ1n) is 4.87. The van der Waals surface area contributed by atoms with Gasteiger partial charge in [0, 0.05) is 6.42 Å². The molecule has 0 unspecified atom stereocenters. The first-order valence-corrected chi connectivity index (χ1v) is 8.28. The Morgan fingerprint density at radius 2 is 1.85 bits per heavy atom. The van der Waals surface area contributed by atoms with Crippen LogP contribution < -0.4 is 5.73 Å². The summed E-state index contributed by atoms with van der Waals surface area (Å²) in [5, 5.41) is 0. The van der Waals surface area contributed by atoms with Crippen molar-refractivity contribution in [3.05, 3.63) is 0 Å². The molecular weight excluding hydrogens is 182 g/mol. The van der Waals surface area contributed by atoms with E-state index >= 15 is 0 Å². The Balaban J connectivity index is 3.41. The van der Waals surface area contributed by atoms with E-state index in [2.05, 4.69) is 0 Å². The highest BCUT2D eigenvalue weighted by atomic mass is 28.4. The van der Waals surface area contributed by atoms with Crippen LogP contribution in [0.3, 0.4) is 0 Å². The molecule has 0 rings (SSSR count). The summed E-state index contributed by atoms with van der Waals surface area (Å²) in [4.78, 5) is 11.2. The van der Waals surface area contributed by atoms with Gasteiger partial charge in [-0.15, -0.1) is 0 Å². The van der Waals surface area contributed by atoms with Gasteiger partial charge in [0.1, 0.15) is 0 Å². The molecule has 3 nitrogen and oxygen atoms in total. The van der Waals surface area contributed by atoms with Crippen molar-refractivity contribution in [1.82, 2.24) is 0 Å². The van der Waals surface area contributed by atoms with Gasteiger partial charge in [0.05, 0.1) is 0 Å². The molecule has 0 heterocycles. The Morgan fingerprint density at radius 3 is 2.31 bits per heavy atom. The molecule has 2 N–H and O–H groups in total. The second kappa shape index (κ2) is 6.15. The molecule has 0 aliphatic carbocycles. The zero-order chi connectivity index (χ0) is 10.3. The number of hydrogen-bond acceptors (Lipinski definition) is 3. The average molecular weight is 203 g/mol. The van der Waals surface area contributed by atoms with Crippen molar-refractivity contribution in [1.29, 1.82) is 0 Å². The number of carbonyl (C=O) groups is 1. The predicted octanol–water partition coefficient (Wildman–Crippen LogP) is 1.88. The van der Waals surface area contributed by atoms with Crippen molar-refractivity contribution in [2.75, 3.05) is 6.54 Å². The van der Waals surface area contributed by atoms with E-state index in [4.69, 9.17) is 10.2 Å². The summed E-state index contributed by atoms with van der Waals surface area (Å²) in [6.45, 7) is 6.77. The summed E-state index contributed by atoms with van der Waals surface area (Å²) < 4.78 is 5.29. The summed E-state index contributed by atoms with van der Waals surface area (Å²) in [6, 6.07) is 0. The van der Waals surface area contributed by atoms with E-state index in [1.807, 2.05) is 19.6 Å². The van der Waals surface area contributed by atoms with Gasteiger partial charge in [-0.05, 0) is 39.0 Å². The van der Waals surface area contributed by atoms with Crippen LogP contribution in [0.2, 0.25) is 19.6 Å². The minimum atomic E-state index is -1.66. The molecule has 78 valence electrons. The Labute approximate surface area is 81.8 Å². The number of nitrogens with two attached hydrogens (primary N) is 1. The van der Waals surface area contributed by atoms with Crippen LogP contribution in [0.1, 0.15) is 25.7 Å². The monoisotopic (exact) mass is 203 g/mol. The maximum absolute atomic E-state index is 11.2. The fraction of sp³-hybridized carbons (Fsp3) is 0.889. The number of hydrogen-bond donors (Lipinski definition) is 1. The average Bonchev–Trinajstić information content (AvgIpc) is 1.94. The first kappa shape index (κ1) is 12.6. The summed E-state index contributed by atoms with van der Waals surface area (Å²) in [6.07, 6.45) is 3.47. The van der Waals surface area contributed by atoms with Crippen molar-refractivity contribution in [2.24, 2.45) is 5.73 Å². The van der Waals surface area contributed by atoms with Gasteiger partial charge in [-0.2, -0.15) is 0 Å². The lowest BCUT2D eigenvalue weighted by atomic mass is 10.2. The second-order valence-corrected chi connectivity index (χ2v) is 8.61. The molecule has 0 spiro atoms. The van der Waals surface area contributed by atoms with Gasteiger partial charge >= 0.3 is 0 Å². The third-order valence-electron chi connectivity index (χ3n) is 1.51. The number of carbonyl (C=O) groups excluding carboxylic acids is 1. The third kappa shape index (κ3) is 9.56. The molecule has 0 saturated heterocycles. The molecule has 13 heavy (non-hydrogen) atoms. The fourth-order valence-electron chi connectivity index (χ4n) is 0.983. The van der Waals surface area contributed by atoms with E-state index in [0.717, 1.165) is 19.3 Å². The summed E-state index contributed by atoms with van der Waals surface area (Å²) in [5.41, 5.74) is 5.34. The summed E-state index contributed by atoms with van der Waals surface area (Å²) in [5.74, 6) is -0.0452. The maximum atomic E-state index is 11.2. The van der Waals surface area contributed by atoms with Gasteiger partial charge < -0.3 is 10.2 Å². The van der Waals surface area contributed by atoms with Crippen LogP contribution in [0.4, 0.5) is 0 Å². The highest BCUT2D eigenvalue weighted by molar-refractivity contribution is 6.71. The van der Waals surface area contributed by atoms with Crippen LogP contribution in [0, 0.1) is 0 Å². The zero-order valence-corrected chi connectivity index (χ0v) is 9.93. The molecule has 0 saturated carbocycles. The van der Waals surface area contributed by atoms with Gasteiger partial charge in [-0.25, -0.2) is 0 Å². The van der Waals surface area contributed by atoms with Gasteiger partial charge in [0.15, 0.2) is 0 Å². The Morgan fingerprint density at radius 1 is 1.23 bits per heavy atom. The molecule has 0 radical (unpaired) electrons. The molecule has 0 bridgehead atoms. The van der Waals surface area contributed by atoms with Crippen LogP contribution in [0.25, 0.3) is 0 Å². The van der Waals surface area contributed by atoms with Crippen molar-refractivity contribution < 1.29 is 9.22 Å². The highest BCUT2D eigenvalue weighted by Gasteiger charge is 2.19. The maximum Gasteiger partial charge on any atom is 0.292 e. The van der Waals surface area contributed by atoms with Crippen molar-refractivity contribution in [2.45, 2.75) is 45.3 Å². The standard InChI is InChI=1S/C9H21NO2Si/c1-13(2,3)12-9(11)7-5-4-6-8-10/h4-8,10H2,1-3H3. The van der Waals surface area contributed by atoms with Crippen LogP contribution in [-0.2, 0) is 9.22 Å². The summed E-state index contributed by atoms with van der Waals surface area (Å²) in [7, 11) is -1.66. The fourth-order valence-corrected chi connectivity index (χ4v) is 1.77. The summed E-state index contributed by atoms with van der Waals surface area (Å²) >= 11 is 0. The molecular formula is C9H21NO2Si. The smallest absolute Gasteiger partial charge is 0.292 e. The Hall–Kier alpha value is -0.353. The molecule has 0 aromatic carbocycles. The Bertz CT molecular complexity index is 154. The topological polar surface area (TPSA) is 52.3 Å². The zero-order valence-electron chi connectivity index (χ0n) is 8.93. The van der Waals surface area contributed by atoms with E-state index in [1.165, 1.54) is 0 Å². The normalized spacial score (nSPS) is 11.4. The van der Waals surface area contributed by atoms with E-state index in [-0.39, 0.29) is 5.97 Å². The molecule has 0 aromatic rings. The van der Waals surface area contributed by atoms with Crippen LogP contribution >= 0.6 is 0 Å². The van der Waals surface area contributed by atoms with Crippen molar-refractivity contribution >= 4 is 14.3 Å². The van der Waals surface area contributed by atoms with Gasteiger partial charge in [0.2, 0.25) is 8.32 Å². The lowest BCUT2D eigenvalue weighted by molar-refractivity contribution is -0.135.